The Bertz CT molecular complexity index is 1230. The smallest absolute Gasteiger partial charge is 0.306 e. The highest BCUT2D eigenvalue weighted by Crippen LogP contribution is 2.19. The van der Waals surface area contributed by atoms with Gasteiger partial charge in [-0.15, -0.1) is 0 Å². The molecule has 0 saturated heterocycles. The van der Waals surface area contributed by atoms with Gasteiger partial charge in [-0.1, -0.05) is 367 Å². The Labute approximate surface area is 494 Å². The minimum atomic E-state index is -0.765. The van der Waals surface area contributed by atoms with Gasteiger partial charge in [-0.3, -0.25) is 14.4 Å². The van der Waals surface area contributed by atoms with Crippen molar-refractivity contribution in [3.63, 3.8) is 0 Å². The molecule has 1 unspecified atom stereocenters. The molecule has 0 aromatic carbocycles. The normalized spacial score (nSPS) is 12.0. The molecule has 0 N–H and O–H groups in total. The number of allylic oxidation sites excluding steroid dienone is 2. The van der Waals surface area contributed by atoms with Crippen LogP contribution >= 0.6 is 0 Å². The molecule has 0 aromatic heterocycles. The maximum atomic E-state index is 12.9. The van der Waals surface area contributed by atoms with Gasteiger partial charge in [0.25, 0.3) is 0 Å². The fourth-order valence-corrected chi connectivity index (χ4v) is 11.3. The molecule has 6 nitrogen and oxygen atoms in total. The number of unbranched alkanes of at least 4 members (excludes halogenated alkanes) is 55. The molecule has 0 bridgehead atoms. The first kappa shape index (κ1) is 77.2. The van der Waals surface area contributed by atoms with E-state index >= 15 is 0 Å². The molecular formula is C73H140O6. The fraction of sp³-hybridized carbons (Fsp3) is 0.932. The van der Waals surface area contributed by atoms with Crippen molar-refractivity contribution in [3.05, 3.63) is 12.2 Å². The number of rotatable bonds is 68. The zero-order chi connectivity index (χ0) is 57.1. The Balaban J connectivity index is 4.03. The molecule has 0 radical (unpaired) electrons. The van der Waals surface area contributed by atoms with Crippen molar-refractivity contribution in [1.29, 1.82) is 0 Å². The summed E-state index contributed by atoms with van der Waals surface area (Å²) in [6.07, 6.45) is 82.8. The van der Waals surface area contributed by atoms with Crippen LogP contribution in [0.2, 0.25) is 0 Å². The Kier molecular flexibility index (Phi) is 67.0. The van der Waals surface area contributed by atoms with Crippen LogP contribution in [0.3, 0.4) is 0 Å². The van der Waals surface area contributed by atoms with Crippen molar-refractivity contribution in [2.45, 2.75) is 425 Å². The Morgan fingerprint density at radius 1 is 0.241 bits per heavy atom. The van der Waals surface area contributed by atoms with Crippen LogP contribution in [0.15, 0.2) is 12.2 Å². The number of esters is 3. The third-order valence-electron chi connectivity index (χ3n) is 16.8. The van der Waals surface area contributed by atoms with Gasteiger partial charge in [0.15, 0.2) is 6.10 Å². The Morgan fingerprint density at radius 2 is 0.418 bits per heavy atom. The summed E-state index contributed by atoms with van der Waals surface area (Å²) < 4.78 is 16.9. The molecule has 0 rings (SSSR count). The zero-order valence-electron chi connectivity index (χ0n) is 53.9. The summed E-state index contributed by atoms with van der Waals surface area (Å²) in [5, 5.41) is 0. The summed E-state index contributed by atoms with van der Waals surface area (Å²) in [7, 11) is 0. The first-order valence-corrected chi connectivity index (χ1v) is 36.2. The van der Waals surface area contributed by atoms with Crippen molar-refractivity contribution in [1.82, 2.24) is 0 Å². The molecule has 468 valence electrons. The van der Waals surface area contributed by atoms with Crippen molar-refractivity contribution < 1.29 is 28.6 Å². The van der Waals surface area contributed by atoms with Crippen LogP contribution in [0.25, 0.3) is 0 Å². The third-order valence-corrected chi connectivity index (χ3v) is 16.8. The molecule has 0 aromatic rings. The van der Waals surface area contributed by atoms with Crippen LogP contribution in [-0.4, -0.2) is 37.2 Å². The summed E-state index contributed by atoms with van der Waals surface area (Å²) in [6.45, 7) is 6.70. The molecule has 1 atom stereocenters. The van der Waals surface area contributed by atoms with E-state index in [1.54, 1.807) is 0 Å². The summed E-state index contributed by atoms with van der Waals surface area (Å²) in [6, 6.07) is 0. The van der Waals surface area contributed by atoms with Gasteiger partial charge in [0.2, 0.25) is 0 Å². The van der Waals surface area contributed by atoms with E-state index < -0.39 is 6.10 Å². The number of carbonyl (C=O) groups excluding carboxylic acids is 3. The van der Waals surface area contributed by atoms with Crippen LogP contribution < -0.4 is 0 Å². The second-order valence-electron chi connectivity index (χ2n) is 24.9. The van der Waals surface area contributed by atoms with Crippen LogP contribution in [0, 0.1) is 0 Å². The van der Waals surface area contributed by atoms with Crippen molar-refractivity contribution in [3.8, 4) is 0 Å². The van der Waals surface area contributed by atoms with Gasteiger partial charge < -0.3 is 14.2 Å². The predicted octanol–water partition coefficient (Wildman–Crippen LogP) is 24.8. The first-order chi connectivity index (χ1) is 39.0. The summed E-state index contributed by atoms with van der Waals surface area (Å²) >= 11 is 0. The van der Waals surface area contributed by atoms with Gasteiger partial charge in [0, 0.05) is 19.3 Å². The number of carbonyl (C=O) groups is 3. The molecule has 0 saturated carbocycles. The number of hydrogen-bond donors (Lipinski definition) is 0. The van der Waals surface area contributed by atoms with E-state index in [4.69, 9.17) is 14.2 Å². The van der Waals surface area contributed by atoms with Crippen LogP contribution in [-0.2, 0) is 28.6 Å². The van der Waals surface area contributed by atoms with E-state index in [1.165, 1.54) is 321 Å². The second kappa shape index (κ2) is 68.6. The lowest BCUT2D eigenvalue weighted by Gasteiger charge is -2.18. The first-order valence-electron chi connectivity index (χ1n) is 36.2. The maximum absolute atomic E-state index is 12.9. The minimum absolute atomic E-state index is 0.0633. The largest absolute Gasteiger partial charge is 0.462 e. The van der Waals surface area contributed by atoms with E-state index in [0.717, 1.165) is 57.8 Å². The van der Waals surface area contributed by atoms with E-state index in [0.29, 0.717) is 19.3 Å². The van der Waals surface area contributed by atoms with E-state index in [-0.39, 0.29) is 31.1 Å². The van der Waals surface area contributed by atoms with Gasteiger partial charge in [0.1, 0.15) is 13.2 Å². The lowest BCUT2D eigenvalue weighted by atomic mass is 10.0. The molecule has 0 heterocycles. The fourth-order valence-electron chi connectivity index (χ4n) is 11.3. The molecule has 0 fully saturated rings. The van der Waals surface area contributed by atoms with Gasteiger partial charge in [-0.05, 0) is 44.9 Å². The molecule has 0 spiro atoms. The van der Waals surface area contributed by atoms with Crippen molar-refractivity contribution in [2.75, 3.05) is 13.2 Å². The summed E-state index contributed by atoms with van der Waals surface area (Å²) in [5.41, 5.74) is 0. The number of ether oxygens (including phenoxy) is 3. The third kappa shape index (κ3) is 66.8. The summed E-state index contributed by atoms with van der Waals surface area (Å²) in [4.78, 5) is 38.2. The average molecular weight is 1110 g/mol. The topological polar surface area (TPSA) is 78.9 Å². The zero-order valence-corrected chi connectivity index (χ0v) is 53.9. The average Bonchev–Trinajstić information content (AvgIpc) is 3.45. The van der Waals surface area contributed by atoms with Crippen molar-refractivity contribution >= 4 is 17.9 Å². The maximum Gasteiger partial charge on any atom is 0.306 e. The quantitative estimate of drug-likeness (QED) is 0.0261. The van der Waals surface area contributed by atoms with E-state index in [2.05, 4.69) is 32.9 Å². The Hall–Kier alpha value is -1.85. The van der Waals surface area contributed by atoms with Crippen LogP contribution in [0.4, 0.5) is 0 Å². The molecule has 0 aliphatic heterocycles. The van der Waals surface area contributed by atoms with Crippen molar-refractivity contribution in [2.24, 2.45) is 0 Å². The lowest BCUT2D eigenvalue weighted by Crippen LogP contribution is -2.30. The Morgan fingerprint density at radius 3 is 0.633 bits per heavy atom. The van der Waals surface area contributed by atoms with Gasteiger partial charge in [-0.25, -0.2) is 0 Å². The van der Waals surface area contributed by atoms with Crippen LogP contribution in [0.5, 0.6) is 0 Å². The standard InChI is InChI=1S/C73H140O6/c1-4-7-10-13-16-19-21-23-25-27-29-31-33-35-36-37-39-40-42-44-46-48-50-52-54-57-60-63-66-72(75)78-69-70(68-77-71(74)65-62-59-56-18-15-12-9-6-3)79-73(76)67-64-61-58-55-53-51-49-47-45-43-41-38-34-32-30-28-26-24-22-20-17-14-11-8-5-2/h28,30,70H,4-27,29,31-69H2,1-3H3/b30-28-. The SMILES string of the molecule is CCCCCCCCCC/C=C\CCCCCCCCCCCCCCCC(=O)OC(COC(=O)CCCCCCCCCC)COC(=O)CCCCCCCCCCCCCCCCCCCCCCCCCCCCCC. The van der Waals surface area contributed by atoms with Gasteiger partial charge in [-0.2, -0.15) is 0 Å². The van der Waals surface area contributed by atoms with Gasteiger partial charge >= 0.3 is 17.9 Å². The number of hydrogen-bond acceptors (Lipinski definition) is 6. The molecule has 0 aliphatic rings. The minimum Gasteiger partial charge on any atom is -0.462 e. The molecule has 0 aliphatic carbocycles. The highest BCUT2D eigenvalue weighted by Gasteiger charge is 2.19. The predicted molar refractivity (Wildman–Crippen MR) is 344 cm³/mol. The molecule has 79 heavy (non-hydrogen) atoms. The van der Waals surface area contributed by atoms with Gasteiger partial charge in [0.05, 0.1) is 0 Å². The lowest BCUT2D eigenvalue weighted by molar-refractivity contribution is -0.167. The molecular weight excluding hydrogens is 973 g/mol. The van der Waals surface area contributed by atoms with E-state index in [9.17, 15) is 14.4 Å². The highest BCUT2D eigenvalue weighted by molar-refractivity contribution is 5.71. The summed E-state index contributed by atoms with van der Waals surface area (Å²) in [5.74, 6) is -0.835. The van der Waals surface area contributed by atoms with Crippen LogP contribution in [0.1, 0.15) is 419 Å². The monoisotopic (exact) mass is 1110 g/mol. The molecule has 6 heteroatoms. The molecule has 0 amide bonds. The van der Waals surface area contributed by atoms with E-state index in [1.807, 2.05) is 0 Å². The highest BCUT2D eigenvalue weighted by atomic mass is 16.6. The second-order valence-corrected chi connectivity index (χ2v) is 24.9.